The van der Waals surface area contributed by atoms with E-state index in [1.807, 2.05) is 43.3 Å². The molecular weight excluding hydrogens is 501 g/mol. The molecule has 2 aromatic rings. The minimum absolute atomic E-state index is 0. The minimum Gasteiger partial charge on any atom is -0.369 e. The summed E-state index contributed by atoms with van der Waals surface area (Å²) in [5, 5.41) is 8.49. The van der Waals surface area contributed by atoms with E-state index in [0.717, 1.165) is 54.8 Å². The molecule has 1 fully saturated rings. The lowest BCUT2D eigenvalue weighted by Crippen LogP contribution is -2.45. The number of aliphatic imine (C=N–C) groups is 1. The molecule has 0 spiro atoms. The number of hydrogen-bond acceptors (Lipinski definition) is 4. The second kappa shape index (κ2) is 11.0. The van der Waals surface area contributed by atoms with Crippen molar-refractivity contribution in [1.29, 1.82) is 0 Å². The lowest BCUT2D eigenvalue weighted by Gasteiger charge is -2.35. The van der Waals surface area contributed by atoms with E-state index in [1.165, 1.54) is 5.69 Å². The number of rotatable bonds is 5. The van der Waals surface area contributed by atoms with Crippen LogP contribution in [-0.4, -0.2) is 72.9 Å². The highest BCUT2D eigenvalue weighted by atomic mass is 127. The van der Waals surface area contributed by atoms with E-state index in [1.54, 1.807) is 7.05 Å². The molecule has 0 unspecified atom stereocenters. The van der Waals surface area contributed by atoms with Crippen molar-refractivity contribution in [2.75, 3.05) is 52.2 Å². The maximum Gasteiger partial charge on any atom is 0.193 e. The van der Waals surface area contributed by atoms with E-state index < -0.39 is 0 Å². The molecule has 0 radical (unpaired) electrons. The summed E-state index contributed by atoms with van der Waals surface area (Å²) in [6, 6.07) is 6.15. The Morgan fingerprint density at radius 2 is 1.97 bits per heavy atom. The first-order valence-corrected chi connectivity index (χ1v) is 9.96. The number of benzene rings is 1. The molecule has 1 aromatic heterocycles. The van der Waals surface area contributed by atoms with Gasteiger partial charge in [-0.05, 0) is 19.2 Å². The topological polar surface area (TPSA) is 51.9 Å². The molecule has 1 aliphatic heterocycles. The summed E-state index contributed by atoms with van der Waals surface area (Å²) in [6.45, 7) is 5.52. The summed E-state index contributed by atoms with van der Waals surface area (Å²) >= 11 is 6.57. The SMILES string of the molecule is CN=C(NCc1c(Cl)cccc1N1CCN(C)CC1)N(C)Cc1cnn(C)c1.I. The largest absolute Gasteiger partial charge is 0.369 e. The monoisotopic (exact) mass is 531 g/mol. The van der Waals surface area contributed by atoms with Gasteiger partial charge < -0.3 is 20.0 Å². The Morgan fingerprint density at radius 1 is 1.24 bits per heavy atom. The smallest absolute Gasteiger partial charge is 0.193 e. The third kappa shape index (κ3) is 6.23. The molecular formula is C20H31ClIN7. The second-order valence-corrected chi connectivity index (χ2v) is 7.71. The number of nitrogens with zero attached hydrogens (tertiary/aromatic N) is 6. The van der Waals surface area contributed by atoms with Crippen LogP contribution in [0.25, 0.3) is 0 Å². The van der Waals surface area contributed by atoms with E-state index in [-0.39, 0.29) is 24.0 Å². The first-order valence-electron chi connectivity index (χ1n) is 9.58. The van der Waals surface area contributed by atoms with Gasteiger partial charge in [0.2, 0.25) is 0 Å². The van der Waals surface area contributed by atoms with Crippen LogP contribution in [0.5, 0.6) is 0 Å². The summed E-state index contributed by atoms with van der Waals surface area (Å²) in [6.07, 6.45) is 3.90. The van der Waals surface area contributed by atoms with Crippen LogP contribution in [0.15, 0.2) is 35.6 Å². The molecule has 1 aliphatic rings. The molecule has 2 heterocycles. The molecule has 0 atom stereocenters. The van der Waals surface area contributed by atoms with Gasteiger partial charge in [-0.1, -0.05) is 17.7 Å². The Bertz CT molecular complexity index is 815. The van der Waals surface area contributed by atoms with E-state index in [4.69, 9.17) is 11.6 Å². The standard InChI is InChI=1S/C20H30ClN7.HI/c1-22-20(26(3)14-16-12-24-27(4)15-16)23-13-17-18(21)6-5-7-19(17)28-10-8-25(2)9-11-28;/h5-7,12,15H,8-11,13-14H2,1-4H3,(H,22,23);1H. The molecule has 3 rings (SSSR count). The number of aryl methyl sites for hydroxylation is 1. The van der Waals surface area contributed by atoms with E-state index >= 15 is 0 Å². The van der Waals surface area contributed by atoms with E-state index in [9.17, 15) is 0 Å². The molecule has 0 saturated carbocycles. The van der Waals surface area contributed by atoms with Crippen LogP contribution in [0.2, 0.25) is 5.02 Å². The number of likely N-dealkylation sites (N-methyl/N-ethyl adjacent to an activating group) is 1. The lowest BCUT2D eigenvalue weighted by atomic mass is 10.1. The van der Waals surface area contributed by atoms with E-state index in [2.05, 4.69) is 43.2 Å². The van der Waals surface area contributed by atoms with Crippen molar-refractivity contribution < 1.29 is 0 Å². The summed E-state index contributed by atoms with van der Waals surface area (Å²) in [4.78, 5) is 11.3. The number of guanidine groups is 1. The van der Waals surface area contributed by atoms with Crippen LogP contribution in [0, 0.1) is 0 Å². The molecule has 1 aromatic carbocycles. The van der Waals surface area contributed by atoms with Crippen molar-refractivity contribution in [2.45, 2.75) is 13.1 Å². The summed E-state index contributed by atoms with van der Waals surface area (Å²) in [5.74, 6) is 0.827. The number of piperazine rings is 1. The molecule has 7 nitrogen and oxygen atoms in total. The summed E-state index contributed by atoms with van der Waals surface area (Å²) < 4.78 is 1.81. The number of aromatic nitrogens is 2. The molecule has 0 aliphatic carbocycles. The first-order chi connectivity index (χ1) is 13.5. The van der Waals surface area contributed by atoms with Crippen molar-refractivity contribution in [3.8, 4) is 0 Å². The normalized spacial score (nSPS) is 15.2. The molecule has 29 heavy (non-hydrogen) atoms. The minimum atomic E-state index is 0. The second-order valence-electron chi connectivity index (χ2n) is 7.31. The van der Waals surface area contributed by atoms with Gasteiger partial charge in [0.1, 0.15) is 0 Å². The fraction of sp³-hybridized carbons (Fsp3) is 0.500. The third-order valence-electron chi connectivity index (χ3n) is 5.11. The zero-order chi connectivity index (χ0) is 20.1. The van der Waals surface area contributed by atoms with Gasteiger partial charge in [-0.25, -0.2) is 0 Å². The third-order valence-corrected chi connectivity index (χ3v) is 5.47. The van der Waals surface area contributed by atoms with Gasteiger partial charge in [-0.15, -0.1) is 24.0 Å². The van der Waals surface area contributed by atoms with Crippen molar-refractivity contribution in [1.82, 2.24) is 24.9 Å². The molecule has 9 heteroatoms. The van der Waals surface area contributed by atoms with Gasteiger partial charge in [-0.3, -0.25) is 9.67 Å². The van der Waals surface area contributed by atoms with Gasteiger partial charge >= 0.3 is 0 Å². The van der Waals surface area contributed by atoms with Crippen molar-refractivity contribution in [2.24, 2.45) is 12.0 Å². The predicted octanol–water partition coefficient (Wildman–Crippen LogP) is 2.65. The van der Waals surface area contributed by atoms with Crippen LogP contribution in [-0.2, 0) is 20.1 Å². The van der Waals surface area contributed by atoms with Crippen LogP contribution in [0.4, 0.5) is 5.69 Å². The van der Waals surface area contributed by atoms with Crippen LogP contribution < -0.4 is 10.2 Å². The zero-order valence-electron chi connectivity index (χ0n) is 17.6. The van der Waals surface area contributed by atoms with Gasteiger partial charge in [0.25, 0.3) is 0 Å². The Balaban J connectivity index is 0.00000300. The van der Waals surface area contributed by atoms with E-state index in [0.29, 0.717) is 6.54 Å². The fourth-order valence-corrected chi connectivity index (χ4v) is 3.76. The van der Waals surface area contributed by atoms with Crippen molar-refractivity contribution in [3.05, 3.63) is 46.7 Å². The maximum atomic E-state index is 6.57. The zero-order valence-corrected chi connectivity index (χ0v) is 20.7. The molecule has 1 N–H and O–H groups in total. The Hall–Kier alpha value is -1.52. The predicted molar refractivity (Wildman–Crippen MR) is 131 cm³/mol. The van der Waals surface area contributed by atoms with Crippen molar-refractivity contribution in [3.63, 3.8) is 0 Å². The summed E-state index contributed by atoms with van der Waals surface area (Å²) in [7, 11) is 7.92. The van der Waals surface area contributed by atoms with Crippen molar-refractivity contribution >= 4 is 47.2 Å². The highest BCUT2D eigenvalue weighted by Crippen LogP contribution is 2.28. The number of anilines is 1. The Labute approximate surface area is 195 Å². The first kappa shape index (κ1) is 23.8. The van der Waals surface area contributed by atoms with Gasteiger partial charge in [0, 0.05) is 88.4 Å². The van der Waals surface area contributed by atoms with Gasteiger partial charge in [0.05, 0.1) is 6.20 Å². The highest BCUT2D eigenvalue weighted by Gasteiger charge is 2.19. The Kier molecular flexibility index (Phi) is 9.04. The van der Waals surface area contributed by atoms with Crippen LogP contribution in [0.1, 0.15) is 11.1 Å². The number of nitrogens with one attached hydrogen (secondary N) is 1. The number of halogens is 2. The Morgan fingerprint density at radius 3 is 2.59 bits per heavy atom. The molecule has 0 amide bonds. The molecule has 0 bridgehead atoms. The average molecular weight is 532 g/mol. The quantitative estimate of drug-likeness (QED) is 0.365. The van der Waals surface area contributed by atoms with Crippen LogP contribution in [0.3, 0.4) is 0 Å². The fourth-order valence-electron chi connectivity index (χ4n) is 3.52. The maximum absolute atomic E-state index is 6.57. The highest BCUT2D eigenvalue weighted by molar-refractivity contribution is 14.0. The molecule has 160 valence electrons. The summed E-state index contributed by atoms with van der Waals surface area (Å²) in [5.41, 5.74) is 3.46. The van der Waals surface area contributed by atoms with Gasteiger partial charge in [0.15, 0.2) is 5.96 Å². The number of hydrogen-bond donors (Lipinski definition) is 1. The molecule has 1 saturated heterocycles. The lowest BCUT2D eigenvalue weighted by molar-refractivity contribution is 0.312. The average Bonchev–Trinajstić information content (AvgIpc) is 3.08. The van der Waals surface area contributed by atoms with Gasteiger partial charge in [-0.2, -0.15) is 5.10 Å². The van der Waals surface area contributed by atoms with Crippen LogP contribution >= 0.6 is 35.6 Å².